The molecule has 0 aliphatic heterocycles. The zero-order valence-corrected chi connectivity index (χ0v) is 26.1. The molecule has 1 radical (unpaired) electrons. The van der Waals surface area contributed by atoms with Gasteiger partial charge in [-0.25, -0.2) is 0 Å². The lowest BCUT2D eigenvalue weighted by atomic mass is 10.0. The summed E-state index contributed by atoms with van der Waals surface area (Å²) in [5.41, 5.74) is 0. The van der Waals surface area contributed by atoms with E-state index in [2.05, 4.69) is 56.4 Å². The van der Waals surface area contributed by atoms with Crippen LogP contribution in [0.15, 0.2) is 30.3 Å². The lowest BCUT2D eigenvalue weighted by Crippen LogP contribution is -2.42. The molecular weight excluding hydrogens is 448 g/mol. The van der Waals surface area contributed by atoms with E-state index in [1.54, 1.807) is 5.19 Å². The highest BCUT2D eigenvalue weighted by Crippen LogP contribution is 2.17. The molecule has 36 heavy (non-hydrogen) atoms. The van der Waals surface area contributed by atoms with Crippen molar-refractivity contribution in [2.45, 2.75) is 181 Å². The molecule has 1 rings (SSSR count). The van der Waals surface area contributed by atoms with Gasteiger partial charge in [0.15, 0.2) is 0 Å². The van der Waals surface area contributed by atoms with Crippen molar-refractivity contribution in [3.8, 4) is 0 Å². The standard InChI is InChI=1S/C35H65Si/c1-4-5-6-7-8-9-10-11-12-13-14-15-16-17-18-19-20-21-22-23-24-25-26-27-31-34-36(2,3)35-32-29-28-30-33-35/h28-30,32-34H,4-27,31H2,1-3H3. The number of benzene rings is 1. The molecule has 0 heterocycles. The van der Waals surface area contributed by atoms with E-state index in [1.165, 1.54) is 161 Å². The maximum atomic E-state index is 2.67. The Morgan fingerprint density at radius 2 is 0.750 bits per heavy atom. The normalized spacial score (nSPS) is 11.9. The zero-order valence-electron chi connectivity index (χ0n) is 25.1. The van der Waals surface area contributed by atoms with Crippen LogP contribution in [-0.2, 0) is 0 Å². The van der Waals surface area contributed by atoms with Crippen LogP contribution in [0.5, 0.6) is 0 Å². The van der Waals surface area contributed by atoms with Crippen LogP contribution in [0.1, 0.15) is 167 Å². The van der Waals surface area contributed by atoms with Crippen molar-refractivity contribution < 1.29 is 0 Å². The second-order valence-corrected chi connectivity index (χ2v) is 16.6. The van der Waals surface area contributed by atoms with E-state index in [4.69, 9.17) is 0 Å². The molecule has 0 bridgehead atoms. The molecular formula is C35H65Si. The first kappa shape index (κ1) is 33.5. The summed E-state index contributed by atoms with van der Waals surface area (Å²) < 4.78 is 0. The van der Waals surface area contributed by atoms with Gasteiger partial charge in [0.1, 0.15) is 0 Å². The minimum atomic E-state index is -1.32. The van der Waals surface area contributed by atoms with Gasteiger partial charge in [-0.2, -0.15) is 0 Å². The average Bonchev–Trinajstić information content (AvgIpc) is 2.89. The van der Waals surface area contributed by atoms with Crippen LogP contribution in [0.25, 0.3) is 0 Å². The Bertz CT molecular complexity index is 549. The molecule has 1 aromatic rings. The van der Waals surface area contributed by atoms with Crippen molar-refractivity contribution in [3.63, 3.8) is 0 Å². The number of hydrogen-bond acceptors (Lipinski definition) is 0. The van der Waals surface area contributed by atoms with Gasteiger partial charge in [-0.05, 0) is 6.04 Å². The molecule has 0 aliphatic carbocycles. The lowest BCUT2D eigenvalue weighted by molar-refractivity contribution is 0.517. The third-order valence-electron chi connectivity index (χ3n) is 8.23. The van der Waals surface area contributed by atoms with Crippen LogP contribution in [0.2, 0.25) is 13.1 Å². The monoisotopic (exact) mass is 513 g/mol. The van der Waals surface area contributed by atoms with Crippen LogP contribution in [-0.4, -0.2) is 8.07 Å². The van der Waals surface area contributed by atoms with Crippen molar-refractivity contribution in [1.29, 1.82) is 0 Å². The van der Waals surface area contributed by atoms with Crippen LogP contribution in [0.4, 0.5) is 0 Å². The van der Waals surface area contributed by atoms with Gasteiger partial charge < -0.3 is 0 Å². The highest BCUT2D eigenvalue weighted by molar-refractivity contribution is 6.92. The summed E-state index contributed by atoms with van der Waals surface area (Å²) in [5.74, 6) is 0. The highest BCUT2D eigenvalue weighted by Gasteiger charge is 2.22. The van der Waals surface area contributed by atoms with Crippen molar-refractivity contribution in [1.82, 2.24) is 0 Å². The molecule has 0 saturated heterocycles. The fourth-order valence-corrected chi connectivity index (χ4v) is 7.77. The molecule has 0 N–H and O–H groups in total. The molecule has 0 aromatic heterocycles. The summed E-state index contributed by atoms with van der Waals surface area (Å²) in [6.45, 7) is 7.28. The summed E-state index contributed by atoms with van der Waals surface area (Å²) in [7, 11) is -1.32. The van der Waals surface area contributed by atoms with E-state index in [0.29, 0.717) is 0 Å². The average molecular weight is 514 g/mol. The fourth-order valence-electron chi connectivity index (χ4n) is 5.56. The Labute approximate surface area is 229 Å². The molecule has 0 spiro atoms. The predicted molar refractivity (Wildman–Crippen MR) is 169 cm³/mol. The summed E-state index contributed by atoms with van der Waals surface area (Å²) >= 11 is 0. The van der Waals surface area contributed by atoms with Crippen molar-refractivity contribution >= 4 is 13.3 Å². The lowest BCUT2D eigenvalue weighted by Gasteiger charge is -2.22. The molecule has 1 aromatic carbocycles. The predicted octanol–water partition coefficient (Wildman–Crippen LogP) is 12.1. The Morgan fingerprint density at radius 3 is 1.08 bits per heavy atom. The summed E-state index contributed by atoms with van der Waals surface area (Å²) in [4.78, 5) is 0. The van der Waals surface area contributed by atoms with Gasteiger partial charge in [-0.1, -0.05) is 216 Å². The Balaban J connectivity index is 1.71. The van der Waals surface area contributed by atoms with Crippen LogP contribution < -0.4 is 5.19 Å². The first-order valence-corrected chi connectivity index (χ1v) is 19.6. The van der Waals surface area contributed by atoms with Gasteiger partial charge in [0, 0.05) is 0 Å². The van der Waals surface area contributed by atoms with Gasteiger partial charge in [0.2, 0.25) is 0 Å². The highest BCUT2D eigenvalue weighted by atomic mass is 28.3. The largest absolute Gasteiger partial charge is 0.0836 e. The topological polar surface area (TPSA) is 0 Å². The number of rotatable bonds is 27. The summed E-state index contributed by atoms with van der Waals surface area (Å²) in [6.07, 6.45) is 36.5. The van der Waals surface area contributed by atoms with Gasteiger partial charge in [0.25, 0.3) is 0 Å². The van der Waals surface area contributed by atoms with Crippen molar-refractivity contribution in [2.75, 3.05) is 0 Å². The van der Waals surface area contributed by atoms with E-state index >= 15 is 0 Å². The molecule has 0 unspecified atom stereocenters. The zero-order chi connectivity index (χ0) is 26.0. The van der Waals surface area contributed by atoms with Gasteiger partial charge in [0.05, 0.1) is 8.07 Å². The smallest absolute Gasteiger partial charge is 0.0654 e. The van der Waals surface area contributed by atoms with Crippen LogP contribution >= 0.6 is 0 Å². The third-order valence-corrected chi connectivity index (χ3v) is 11.4. The minimum absolute atomic E-state index is 1.31. The maximum Gasteiger partial charge on any atom is 0.0836 e. The quantitative estimate of drug-likeness (QED) is 0.0810. The molecule has 209 valence electrons. The molecule has 0 saturated carbocycles. The molecule has 0 amide bonds. The molecule has 0 nitrogen and oxygen atoms in total. The number of unbranched alkanes of at least 4 members (excludes halogenated alkanes) is 24. The minimum Gasteiger partial charge on any atom is -0.0654 e. The first-order valence-electron chi connectivity index (χ1n) is 16.6. The van der Waals surface area contributed by atoms with Gasteiger partial charge in [-0.15, -0.1) is 0 Å². The van der Waals surface area contributed by atoms with E-state index < -0.39 is 8.07 Å². The molecule has 1 heteroatoms. The number of hydrogen-bond donors (Lipinski definition) is 0. The summed E-state index contributed by atoms with van der Waals surface area (Å²) in [5, 5.41) is 1.58. The second kappa shape index (κ2) is 24.8. The van der Waals surface area contributed by atoms with E-state index in [-0.39, 0.29) is 0 Å². The molecule has 0 atom stereocenters. The van der Waals surface area contributed by atoms with Crippen LogP contribution in [0, 0.1) is 6.04 Å². The Hall–Kier alpha value is -0.563. The third kappa shape index (κ3) is 20.5. The second-order valence-electron chi connectivity index (χ2n) is 12.2. The van der Waals surface area contributed by atoms with E-state index in [1.807, 2.05) is 0 Å². The fraction of sp³-hybridized carbons (Fsp3) is 0.800. The first-order chi connectivity index (χ1) is 17.7. The van der Waals surface area contributed by atoms with E-state index in [9.17, 15) is 0 Å². The Kier molecular flexibility index (Phi) is 23.0. The van der Waals surface area contributed by atoms with Gasteiger partial charge >= 0.3 is 0 Å². The van der Waals surface area contributed by atoms with Crippen molar-refractivity contribution in [2.24, 2.45) is 0 Å². The SMILES string of the molecule is CCCCCCCCCCCCCCCCCCCCCCCCCC[CH][Si](C)(C)c1ccccc1. The van der Waals surface area contributed by atoms with E-state index in [0.717, 1.165) is 0 Å². The van der Waals surface area contributed by atoms with Gasteiger partial charge in [-0.3, -0.25) is 0 Å². The molecule has 0 fully saturated rings. The van der Waals surface area contributed by atoms with Crippen molar-refractivity contribution in [3.05, 3.63) is 36.4 Å². The molecule has 0 aliphatic rings. The maximum absolute atomic E-state index is 2.67. The van der Waals surface area contributed by atoms with Crippen LogP contribution in [0.3, 0.4) is 0 Å². The summed E-state index contributed by atoms with van der Waals surface area (Å²) in [6, 6.07) is 13.8. The Morgan fingerprint density at radius 1 is 0.444 bits per heavy atom.